The first-order valence-electron chi connectivity index (χ1n) is 10.8. The fraction of sp³-hybridized carbons (Fsp3) is 0.762. The van der Waals surface area contributed by atoms with Gasteiger partial charge in [0.05, 0.1) is 19.3 Å². The van der Waals surface area contributed by atoms with Gasteiger partial charge in [-0.15, -0.1) is 0 Å². The van der Waals surface area contributed by atoms with Crippen LogP contribution < -0.4 is 4.90 Å². The molecule has 4 rings (SSSR count). The van der Waals surface area contributed by atoms with Crippen LogP contribution in [-0.4, -0.2) is 114 Å². The molecular weight excluding hydrogens is 406 g/mol. The molecule has 3 fully saturated rings. The highest BCUT2D eigenvalue weighted by molar-refractivity contribution is 5.38. The summed E-state index contributed by atoms with van der Waals surface area (Å²) < 4.78 is 23.3. The molecule has 10 heteroatoms. The molecule has 174 valence electrons. The second-order valence-electron chi connectivity index (χ2n) is 8.75. The van der Waals surface area contributed by atoms with Crippen LogP contribution in [0.5, 0.6) is 0 Å². The van der Waals surface area contributed by atoms with Crippen LogP contribution in [0.2, 0.25) is 0 Å². The number of fused-ring (bicyclic) bond motifs is 1. The number of rotatable bonds is 8. The number of nitrogens with zero attached hydrogens (tertiary/aromatic N) is 3. The molecule has 0 unspecified atom stereocenters. The number of piperazine rings is 1. The fourth-order valence-corrected chi connectivity index (χ4v) is 4.38. The molecule has 3 aliphatic rings. The fourth-order valence-electron chi connectivity index (χ4n) is 4.38. The number of hydrogen-bond acceptors (Lipinski definition) is 10. The Balaban J connectivity index is 1.26. The van der Waals surface area contributed by atoms with E-state index in [1.807, 2.05) is 18.2 Å². The minimum absolute atomic E-state index is 0.0656. The van der Waals surface area contributed by atoms with Crippen LogP contribution in [0.4, 0.5) is 5.82 Å². The summed E-state index contributed by atoms with van der Waals surface area (Å²) in [5.74, 6) is 0.148. The molecule has 3 aliphatic heterocycles. The number of β-amino-alcohol motifs (C(OH)–C–C–N with tert-alkyl or cyclic N) is 1. The smallest absolute Gasteiger partial charge is 0.190 e. The van der Waals surface area contributed by atoms with Crippen molar-refractivity contribution in [3.63, 3.8) is 0 Å². The number of pyridine rings is 1. The van der Waals surface area contributed by atoms with E-state index < -0.39 is 49.2 Å². The van der Waals surface area contributed by atoms with Gasteiger partial charge in [-0.05, 0) is 26.0 Å². The molecular formula is C21H33N3O7. The van der Waals surface area contributed by atoms with Crippen molar-refractivity contribution in [2.24, 2.45) is 0 Å². The van der Waals surface area contributed by atoms with E-state index in [1.165, 1.54) is 0 Å². The average Bonchev–Trinajstić information content (AvgIpc) is 3.24. The first-order valence-corrected chi connectivity index (χ1v) is 10.8. The van der Waals surface area contributed by atoms with Crippen molar-refractivity contribution in [2.75, 3.05) is 50.8 Å². The summed E-state index contributed by atoms with van der Waals surface area (Å²) in [5, 5.41) is 30.0. The van der Waals surface area contributed by atoms with Crippen molar-refractivity contribution < 1.29 is 34.3 Å². The van der Waals surface area contributed by atoms with Crippen LogP contribution in [-0.2, 0) is 18.9 Å². The molecule has 10 nitrogen and oxygen atoms in total. The van der Waals surface area contributed by atoms with Gasteiger partial charge in [0.2, 0.25) is 0 Å². The van der Waals surface area contributed by atoms with Crippen LogP contribution in [0, 0.1) is 0 Å². The Kier molecular flexibility index (Phi) is 7.09. The lowest BCUT2D eigenvalue weighted by Gasteiger charge is -2.36. The molecule has 3 N–H and O–H groups in total. The Morgan fingerprint density at radius 3 is 2.65 bits per heavy atom. The van der Waals surface area contributed by atoms with Gasteiger partial charge in [0, 0.05) is 38.9 Å². The molecule has 0 bridgehead atoms. The van der Waals surface area contributed by atoms with Crippen molar-refractivity contribution in [3.05, 3.63) is 24.4 Å². The first kappa shape index (κ1) is 22.8. The van der Waals surface area contributed by atoms with Gasteiger partial charge in [-0.3, -0.25) is 4.90 Å². The lowest BCUT2D eigenvalue weighted by Crippen LogP contribution is -2.50. The minimum Gasteiger partial charge on any atom is -0.394 e. The van der Waals surface area contributed by atoms with Gasteiger partial charge < -0.3 is 39.2 Å². The Bertz CT molecular complexity index is 701. The van der Waals surface area contributed by atoms with Crippen molar-refractivity contribution in [1.29, 1.82) is 0 Å². The van der Waals surface area contributed by atoms with E-state index in [1.54, 1.807) is 20.0 Å². The lowest BCUT2D eigenvalue weighted by atomic mass is 10.1. The van der Waals surface area contributed by atoms with Crippen LogP contribution in [0.25, 0.3) is 0 Å². The van der Waals surface area contributed by atoms with Crippen LogP contribution in [0.15, 0.2) is 24.4 Å². The van der Waals surface area contributed by atoms with Crippen molar-refractivity contribution in [2.45, 2.75) is 56.4 Å². The molecule has 31 heavy (non-hydrogen) atoms. The van der Waals surface area contributed by atoms with Crippen molar-refractivity contribution >= 4 is 5.82 Å². The summed E-state index contributed by atoms with van der Waals surface area (Å²) in [6.07, 6.45) is -2.68. The number of ether oxygens (including phenoxy) is 4. The average molecular weight is 440 g/mol. The lowest BCUT2D eigenvalue weighted by molar-refractivity contribution is -0.232. The molecule has 0 saturated carbocycles. The van der Waals surface area contributed by atoms with E-state index in [-0.39, 0.29) is 6.61 Å². The predicted octanol–water partition coefficient (Wildman–Crippen LogP) is -0.821. The third kappa shape index (κ3) is 5.35. The van der Waals surface area contributed by atoms with E-state index in [9.17, 15) is 15.3 Å². The summed E-state index contributed by atoms with van der Waals surface area (Å²) in [6.45, 7) is 6.97. The third-order valence-corrected chi connectivity index (χ3v) is 5.89. The highest BCUT2D eigenvalue weighted by Gasteiger charge is 2.57. The summed E-state index contributed by atoms with van der Waals surface area (Å²) in [4.78, 5) is 8.82. The number of aliphatic hydroxyl groups excluding tert-OH is 3. The summed E-state index contributed by atoms with van der Waals surface area (Å²) >= 11 is 0. The topological polar surface area (TPSA) is 117 Å². The maximum absolute atomic E-state index is 10.6. The summed E-state index contributed by atoms with van der Waals surface area (Å²) in [5.41, 5.74) is 0. The quantitative estimate of drug-likeness (QED) is 0.474. The molecule has 0 amide bonds. The van der Waals surface area contributed by atoms with Crippen LogP contribution in [0.1, 0.15) is 13.8 Å². The molecule has 3 saturated heterocycles. The van der Waals surface area contributed by atoms with E-state index in [2.05, 4.69) is 14.8 Å². The standard InChI is InChI=1S/C21H33N3O7/c1-21(2)30-19-18(17(15(27)12-25)29-20(19)31-21)28-13-14(26)11-23-7-9-24(10-8-23)16-5-3-4-6-22-16/h3-6,14-15,17-20,25-27H,7-13H2,1-2H3/t14-,15-,17-,18+,19-,20-/m1/s1. The Morgan fingerprint density at radius 2 is 1.97 bits per heavy atom. The van der Waals surface area contributed by atoms with Gasteiger partial charge in [0.15, 0.2) is 12.1 Å². The molecule has 0 radical (unpaired) electrons. The third-order valence-electron chi connectivity index (χ3n) is 5.89. The normalized spacial score (nSPS) is 32.7. The highest BCUT2D eigenvalue weighted by Crippen LogP contribution is 2.39. The first-order chi connectivity index (χ1) is 14.9. The van der Waals surface area contributed by atoms with Gasteiger partial charge in [-0.25, -0.2) is 4.98 Å². The number of anilines is 1. The second-order valence-corrected chi connectivity index (χ2v) is 8.75. The summed E-state index contributed by atoms with van der Waals surface area (Å²) in [6, 6.07) is 5.89. The number of aliphatic hydroxyl groups is 3. The second kappa shape index (κ2) is 9.63. The predicted molar refractivity (Wildman–Crippen MR) is 110 cm³/mol. The van der Waals surface area contributed by atoms with E-state index in [0.717, 1.165) is 32.0 Å². The van der Waals surface area contributed by atoms with Crippen LogP contribution >= 0.6 is 0 Å². The Labute approximate surface area is 182 Å². The molecule has 1 aromatic heterocycles. The van der Waals surface area contributed by atoms with Gasteiger partial charge in [-0.1, -0.05) is 6.07 Å². The molecule has 4 heterocycles. The number of hydrogen-bond donors (Lipinski definition) is 3. The zero-order chi connectivity index (χ0) is 22.0. The minimum atomic E-state index is -1.12. The molecule has 1 aromatic rings. The van der Waals surface area contributed by atoms with Crippen molar-refractivity contribution in [3.8, 4) is 0 Å². The molecule has 0 spiro atoms. The van der Waals surface area contributed by atoms with E-state index >= 15 is 0 Å². The zero-order valence-corrected chi connectivity index (χ0v) is 18.0. The molecule has 6 atom stereocenters. The van der Waals surface area contributed by atoms with Gasteiger partial charge in [-0.2, -0.15) is 0 Å². The van der Waals surface area contributed by atoms with Gasteiger partial charge in [0.1, 0.15) is 30.2 Å². The van der Waals surface area contributed by atoms with E-state index in [0.29, 0.717) is 6.54 Å². The Hall–Kier alpha value is -1.37. The molecule has 0 aromatic carbocycles. The van der Waals surface area contributed by atoms with Crippen LogP contribution in [0.3, 0.4) is 0 Å². The van der Waals surface area contributed by atoms with Gasteiger partial charge in [0.25, 0.3) is 0 Å². The SMILES string of the molecule is CC1(C)O[C@H]2O[C@H]([C@H](O)CO)[C@H](OC[C@H](O)CN3CCN(c4ccccn4)CC3)[C@H]2O1. The monoisotopic (exact) mass is 439 g/mol. The van der Waals surface area contributed by atoms with Crippen molar-refractivity contribution in [1.82, 2.24) is 9.88 Å². The molecule has 0 aliphatic carbocycles. The van der Waals surface area contributed by atoms with Gasteiger partial charge >= 0.3 is 0 Å². The zero-order valence-electron chi connectivity index (χ0n) is 18.0. The number of aromatic nitrogens is 1. The highest BCUT2D eigenvalue weighted by atomic mass is 16.8. The maximum Gasteiger partial charge on any atom is 0.190 e. The van der Waals surface area contributed by atoms with E-state index in [4.69, 9.17) is 18.9 Å². The Morgan fingerprint density at radius 1 is 1.19 bits per heavy atom. The summed E-state index contributed by atoms with van der Waals surface area (Å²) in [7, 11) is 0. The maximum atomic E-state index is 10.6. The largest absolute Gasteiger partial charge is 0.394 e.